The van der Waals surface area contributed by atoms with Crippen LogP contribution in [0.25, 0.3) is 0 Å². The molecule has 4 nitrogen and oxygen atoms in total. The Morgan fingerprint density at radius 3 is 1.82 bits per heavy atom. The molecule has 2 N–H and O–H groups in total. The Hall–Kier alpha value is 0.870. The Morgan fingerprint density at radius 2 is 1.73 bits per heavy atom. The summed E-state index contributed by atoms with van der Waals surface area (Å²) in [7, 11) is -3.75. The summed E-state index contributed by atoms with van der Waals surface area (Å²) in [4.78, 5) is 0. The van der Waals surface area contributed by atoms with Crippen LogP contribution in [0.5, 0.6) is 0 Å². The van der Waals surface area contributed by atoms with Crippen LogP contribution in [0.15, 0.2) is 0 Å². The van der Waals surface area contributed by atoms with Crippen LogP contribution in [0.4, 0.5) is 0 Å². The van der Waals surface area contributed by atoms with Crippen molar-refractivity contribution in [2.45, 2.75) is 32.8 Å². The van der Waals surface area contributed by atoms with Crippen molar-refractivity contribution in [2.75, 3.05) is 0 Å². The van der Waals surface area contributed by atoms with Gasteiger partial charge in [0.15, 0.2) is 0 Å². The third-order valence-corrected chi connectivity index (χ3v) is 1.72. The van der Waals surface area contributed by atoms with Crippen LogP contribution in [0.3, 0.4) is 0 Å². The van der Waals surface area contributed by atoms with Gasteiger partial charge in [-0.3, -0.25) is 4.18 Å². The molecule has 0 saturated carbocycles. The SMILES string of the molecule is CCC(CC)OS(N)(=O)=O.[Na]. The van der Waals surface area contributed by atoms with Gasteiger partial charge in [-0.15, -0.1) is 0 Å². The van der Waals surface area contributed by atoms with Gasteiger partial charge in [-0.1, -0.05) is 13.8 Å². The fraction of sp³-hybridized carbons (Fsp3) is 1.00. The molecule has 0 saturated heterocycles. The van der Waals surface area contributed by atoms with Gasteiger partial charge in [0.1, 0.15) is 0 Å². The fourth-order valence-corrected chi connectivity index (χ4v) is 1.27. The van der Waals surface area contributed by atoms with Crippen LogP contribution in [0.2, 0.25) is 0 Å². The summed E-state index contributed by atoms with van der Waals surface area (Å²) < 4.78 is 25.1. The summed E-state index contributed by atoms with van der Waals surface area (Å²) in [5, 5.41) is 4.64. The Morgan fingerprint density at radius 1 is 1.36 bits per heavy atom. The smallest absolute Gasteiger partial charge is 0.255 e. The number of hydrogen-bond acceptors (Lipinski definition) is 3. The molecule has 1 radical (unpaired) electrons. The van der Waals surface area contributed by atoms with Gasteiger partial charge in [0, 0.05) is 29.6 Å². The molecule has 0 amide bonds. The molecule has 0 aliphatic heterocycles. The molecule has 0 aromatic rings. The van der Waals surface area contributed by atoms with Crippen LogP contribution < -0.4 is 5.14 Å². The summed E-state index contributed by atoms with van der Waals surface area (Å²) >= 11 is 0. The van der Waals surface area contributed by atoms with Gasteiger partial charge in [0.25, 0.3) is 0 Å². The van der Waals surface area contributed by atoms with E-state index in [1.807, 2.05) is 13.8 Å². The van der Waals surface area contributed by atoms with E-state index in [0.29, 0.717) is 12.8 Å². The van der Waals surface area contributed by atoms with E-state index in [1.54, 1.807) is 0 Å². The van der Waals surface area contributed by atoms with Crippen LogP contribution in [-0.2, 0) is 14.5 Å². The van der Waals surface area contributed by atoms with Crippen LogP contribution >= 0.6 is 0 Å². The van der Waals surface area contributed by atoms with Crippen LogP contribution in [0, 0.1) is 0 Å². The van der Waals surface area contributed by atoms with Crippen molar-refractivity contribution in [1.29, 1.82) is 0 Å². The maximum atomic E-state index is 10.3. The molecule has 0 spiro atoms. The Labute approximate surface area is 90.0 Å². The van der Waals surface area contributed by atoms with Crippen molar-refractivity contribution in [1.82, 2.24) is 0 Å². The molecule has 6 heteroatoms. The Balaban J connectivity index is 0. The zero-order valence-electron chi connectivity index (χ0n) is 7.20. The summed E-state index contributed by atoms with van der Waals surface area (Å²) in [6.45, 7) is 3.69. The maximum absolute atomic E-state index is 10.3. The molecule has 11 heavy (non-hydrogen) atoms. The Bertz CT molecular complexity index is 176. The van der Waals surface area contributed by atoms with Gasteiger partial charge < -0.3 is 0 Å². The zero-order chi connectivity index (χ0) is 8.20. The molecule has 0 atom stereocenters. The average Bonchev–Trinajstić information content (AvgIpc) is 1.81. The van der Waals surface area contributed by atoms with E-state index < -0.39 is 10.3 Å². The van der Waals surface area contributed by atoms with Crippen molar-refractivity contribution >= 4 is 39.9 Å². The molecule has 0 fully saturated rings. The number of rotatable bonds is 4. The van der Waals surface area contributed by atoms with E-state index in [-0.39, 0.29) is 35.7 Å². The van der Waals surface area contributed by atoms with E-state index in [1.165, 1.54) is 0 Å². The van der Waals surface area contributed by atoms with Crippen molar-refractivity contribution in [3.05, 3.63) is 0 Å². The van der Waals surface area contributed by atoms with Crippen molar-refractivity contribution in [3.8, 4) is 0 Å². The van der Waals surface area contributed by atoms with E-state index in [4.69, 9.17) is 0 Å². The third kappa shape index (κ3) is 8.78. The quantitative estimate of drug-likeness (QED) is 0.635. The first kappa shape index (κ1) is 14.4. The fourth-order valence-electron chi connectivity index (χ4n) is 0.614. The van der Waals surface area contributed by atoms with Gasteiger partial charge in [-0.2, -0.15) is 8.42 Å². The first-order valence-corrected chi connectivity index (χ1v) is 4.67. The second-order valence-electron chi connectivity index (χ2n) is 2.03. The predicted molar refractivity (Wildman–Crippen MR) is 44.3 cm³/mol. The minimum absolute atomic E-state index is 0. The monoisotopic (exact) mass is 190 g/mol. The van der Waals surface area contributed by atoms with E-state index in [9.17, 15) is 8.42 Å². The summed E-state index contributed by atoms with van der Waals surface area (Å²) in [5.41, 5.74) is 0. The predicted octanol–water partition coefficient (Wildman–Crippen LogP) is 0.0143. The molecule has 0 bridgehead atoms. The largest absolute Gasteiger partial charge is 0.333 e. The normalized spacial score (nSPS) is 11.3. The van der Waals surface area contributed by atoms with Crippen LogP contribution in [0.1, 0.15) is 26.7 Å². The molecule has 63 valence electrons. The first-order valence-electron chi connectivity index (χ1n) is 3.20. The van der Waals surface area contributed by atoms with Crippen molar-refractivity contribution in [3.63, 3.8) is 0 Å². The molecular formula is C5H13NNaO3S. The minimum atomic E-state index is -3.75. The molecule has 0 aliphatic carbocycles. The van der Waals surface area contributed by atoms with E-state index in [0.717, 1.165) is 0 Å². The van der Waals surface area contributed by atoms with Gasteiger partial charge in [0.2, 0.25) is 0 Å². The topological polar surface area (TPSA) is 69.4 Å². The molecule has 0 aromatic carbocycles. The summed E-state index contributed by atoms with van der Waals surface area (Å²) in [5.74, 6) is 0. The summed E-state index contributed by atoms with van der Waals surface area (Å²) in [6.07, 6.45) is 1.05. The first-order chi connectivity index (χ1) is 4.49. The van der Waals surface area contributed by atoms with Crippen molar-refractivity contribution in [2.24, 2.45) is 5.14 Å². The molecule has 0 rings (SSSR count). The van der Waals surface area contributed by atoms with Gasteiger partial charge >= 0.3 is 10.3 Å². The second kappa shape index (κ2) is 6.39. The minimum Gasteiger partial charge on any atom is -0.255 e. The number of nitrogens with two attached hydrogens (primary N) is 1. The van der Waals surface area contributed by atoms with Crippen LogP contribution in [-0.4, -0.2) is 44.1 Å². The van der Waals surface area contributed by atoms with Gasteiger partial charge in [-0.05, 0) is 12.8 Å². The maximum Gasteiger partial charge on any atom is 0.333 e. The standard InChI is InChI=1S/C5H13NO3S.Na/c1-3-5(4-2)9-10(6,7)8;/h5H,3-4H2,1-2H3,(H2,6,7,8);. The molecule has 0 aromatic heterocycles. The zero-order valence-corrected chi connectivity index (χ0v) is 10.0. The Kier molecular flexibility index (Phi) is 8.37. The van der Waals surface area contributed by atoms with E-state index >= 15 is 0 Å². The van der Waals surface area contributed by atoms with E-state index in [2.05, 4.69) is 9.32 Å². The average molecular weight is 190 g/mol. The second-order valence-corrected chi connectivity index (χ2v) is 3.21. The molecular weight excluding hydrogens is 177 g/mol. The third-order valence-electron chi connectivity index (χ3n) is 1.18. The number of hydrogen-bond donors (Lipinski definition) is 1. The van der Waals surface area contributed by atoms with Gasteiger partial charge in [0.05, 0.1) is 6.10 Å². The van der Waals surface area contributed by atoms with Gasteiger partial charge in [-0.25, -0.2) is 5.14 Å². The molecule has 0 aliphatic rings. The summed E-state index contributed by atoms with van der Waals surface area (Å²) in [6, 6.07) is 0. The molecule has 0 heterocycles. The molecule has 0 unspecified atom stereocenters. The van der Waals surface area contributed by atoms with Crippen molar-refractivity contribution < 1.29 is 12.6 Å².